The number of nitrogens with one attached hydrogen (secondary N) is 1. The topological polar surface area (TPSA) is 94.0 Å². The number of aromatic amines is 1. The third-order valence-corrected chi connectivity index (χ3v) is 6.00. The number of benzene rings is 1. The third kappa shape index (κ3) is 5.32. The van der Waals surface area contributed by atoms with Gasteiger partial charge in [0.15, 0.2) is 5.69 Å². The Morgan fingerprint density at radius 1 is 1.05 bits per heavy atom. The third-order valence-electron chi connectivity index (χ3n) is 6.00. The van der Waals surface area contributed by atoms with E-state index in [4.69, 9.17) is 9.47 Å². The van der Waals surface area contributed by atoms with E-state index in [-0.39, 0.29) is 11.3 Å². The molecule has 0 radical (unpaired) electrons. The Balaban J connectivity index is 1.48. The molecule has 4 heterocycles. The highest BCUT2D eigenvalue weighted by atomic mass is 19.4. The van der Waals surface area contributed by atoms with Crippen LogP contribution in [0.2, 0.25) is 0 Å². The molecule has 1 fully saturated rings. The van der Waals surface area contributed by atoms with Crippen molar-refractivity contribution in [3.63, 3.8) is 0 Å². The molecule has 0 saturated carbocycles. The predicted octanol–water partition coefficient (Wildman–Crippen LogP) is 3.80. The first kappa shape index (κ1) is 24.8. The van der Waals surface area contributed by atoms with Crippen molar-refractivity contribution in [3.8, 4) is 39.7 Å². The van der Waals surface area contributed by atoms with Gasteiger partial charge in [0, 0.05) is 50.1 Å². The normalized spacial score (nSPS) is 14.7. The molecule has 1 N–H and O–H groups in total. The van der Waals surface area contributed by atoms with E-state index >= 15 is 0 Å². The van der Waals surface area contributed by atoms with E-state index in [2.05, 4.69) is 25.1 Å². The quantitative estimate of drug-likeness (QED) is 0.373. The van der Waals surface area contributed by atoms with Gasteiger partial charge >= 0.3 is 6.18 Å². The Bertz CT molecular complexity index is 1380. The van der Waals surface area contributed by atoms with Gasteiger partial charge in [0.25, 0.3) is 0 Å². The lowest BCUT2D eigenvalue weighted by Gasteiger charge is -2.26. The van der Waals surface area contributed by atoms with E-state index in [0.29, 0.717) is 54.8 Å². The number of ether oxygens (including phenoxy) is 2. The van der Waals surface area contributed by atoms with Crippen LogP contribution in [0.1, 0.15) is 5.69 Å². The van der Waals surface area contributed by atoms with E-state index in [0.717, 1.165) is 13.1 Å². The molecule has 194 valence electrons. The number of halogens is 4. The number of imidazole rings is 1. The minimum Gasteiger partial charge on any atom is -0.491 e. The van der Waals surface area contributed by atoms with E-state index in [9.17, 15) is 17.6 Å². The summed E-state index contributed by atoms with van der Waals surface area (Å²) in [6.07, 6.45) is -1.75. The zero-order chi connectivity index (χ0) is 26.0. The summed E-state index contributed by atoms with van der Waals surface area (Å²) >= 11 is 0. The summed E-state index contributed by atoms with van der Waals surface area (Å²) in [5.41, 5.74) is 0.552. The molecule has 0 bridgehead atoms. The number of aryl methyl sites for hydroxylation is 1. The monoisotopic (exact) mass is 517 g/mol. The first-order valence-corrected chi connectivity index (χ1v) is 11.5. The molecule has 13 heteroatoms. The Kier molecular flexibility index (Phi) is 6.89. The van der Waals surface area contributed by atoms with E-state index in [1.54, 1.807) is 24.0 Å². The van der Waals surface area contributed by atoms with Crippen LogP contribution in [0, 0.1) is 5.82 Å². The van der Waals surface area contributed by atoms with E-state index in [1.165, 1.54) is 30.5 Å². The summed E-state index contributed by atoms with van der Waals surface area (Å²) < 4.78 is 67.4. The molecule has 4 aromatic rings. The Hall–Kier alpha value is -3.84. The number of morpholine rings is 1. The first-order valence-electron chi connectivity index (χ1n) is 11.5. The van der Waals surface area contributed by atoms with Gasteiger partial charge in [-0.15, -0.1) is 0 Å². The van der Waals surface area contributed by atoms with Gasteiger partial charge in [-0.25, -0.2) is 9.37 Å². The maximum atomic E-state index is 14.2. The smallest absolute Gasteiger partial charge is 0.437 e. The Morgan fingerprint density at radius 3 is 2.65 bits per heavy atom. The maximum absolute atomic E-state index is 14.2. The minimum absolute atomic E-state index is 0.170. The number of H-pyrrole nitrogens is 1. The van der Waals surface area contributed by atoms with Gasteiger partial charge in [0.05, 0.1) is 30.9 Å². The summed E-state index contributed by atoms with van der Waals surface area (Å²) in [4.78, 5) is 11.0. The number of aromatic nitrogens is 6. The molecular formula is C24H23F4N7O2. The fourth-order valence-corrected chi connectivity index (χ4v) is 4.19. The van der Waals surface area contributed by atoms with Crippen LogP contribution in [0.5, 0.6) is 5.75 Å². The van der Waals surface area contributed by atoms with Gasteiger partial charge in [0.2, 0.25) is 0 Å². The summed E-state index contributed by atoms with van der Waals surface area (Å²) in [5, 5.41) is 8.98. The zero-order valence-corrected chi connectivity index (χ0v) is 19.8. The average Bonchev–Trinajstić information content (AvgIpc) is 3.53. The van der Waals surface area contributed by atoms with Crippen molar-refractivity contribution >= 4 is 0 Å². The SMILES string of the molecule is Cn1cnc(-c2cc(-c3n[nH]nc3C(F)(F)F)ccn2)c1-c1ccc(F)cc1OCCN1CCOCC1. The molecule has 5 rings (SSSR count). The van der Waals surface area contributed by atoms with Gasteiger partial charge in [-0.05, 0) is 24.3 Å². The average molecular weight is 517 g/mol. The largest absolute Gasteiger partial charge is 0.491 e. The number of rotatable bonds is 7. The second kappa shape index (κ2) is 10.3. The highest BCUT2D eigenvalue weighted by molar-refractivity contribution is 5.82. The zero-order valence-electron chi connectivity index (χ0n) is 19.8. The molecule has 37 heavy (non-hydrogen) atoms. The fraction of sp³-hybridized carbons (Fsp3) is 0.333. The van der Waals surface area contributed by atoms with E-state index in [1.807, 2.05) is 5.21 Å². The summed E-state index contributed by atoms with van der Waals surface area (Å²) in [6, 6.07) is 7.08. The second-order valence-corrected chi connectivity index (χ2v) is 8.44. The molecule has 1 aliphatic rings. The van der Waals surface area contributed by atoms with Crippen molar-refractivity contribution < 1.29 is 27.0 Å². The number of hydrogen-bond donors (Lipinski definition) is 1. The summed E-state index contributed by atoms with van der Waals surface area (Å²) in [6.45, 7) is 3.91. The van der Waals surface area contributed by atoms with Crippen molar-refractivity contribution in [1.82, 2.24) is 34.8 Å². The highest BCUT2D eigenvalue weighted by Crippen LogP contribution is 2.38. The molecule has 0 spiro atoms. The van der Waals surface area contributed by atoms with Crippen LogP contribution in [0.3, 0.4) is 0 Å². The lowest BCUT2D eigenvalue weighted by Crippen LogP contribution is -2.38. The van der Waals surface area contributed by atoms with Crippen molar-refractivity contribution in [2.24, 2.45) is 7.05 Å². The van der Waals surface area contributed by atoms with Crippen LogP contribution in [0.15, 0.2) is 42.9 Å². The highest BCUT2D eigenvalue weighted by Gasteiger charge is 2.38. The lowest BCUT2D eigenvalue weighted by atomic mass is 10.0. The molecule has 0 aliphatic carbocycles. The van der Waals surface area contributed by atoms with Crippen LogP contribution in [-0.2, 0) is 18.0 Å². The first-order chi connectivity index (χ1) is 17.8. The molecule has 3 aromatic heterocycles. The van der Waals surface area contributed by atoms with Crippen molar-refractivity contribution in [2.45, 2.75) is 6.18 Å². The molecular weight excluding hydrogens is 494 g/mol. The molecule has 0 atom stereocenters. The van der Waals surface area contributed by atoms with Gasteiger partial charge in [-0.2, -0.15) is 28.6 Å². The molecule has 1 saturated heterocycles. The van der Waals surface area contributed by atoms with E-state index < -0.39 is 17.7 Å². The molecule has 0 amide bonds. The van der Waals surface area contributed by atoms with Gasteiger partial charge in [-0.1, -0.05) is 0 Å². The summed E-state index contributed by atoms with van der Waals surface area (Å²) in [7, 11) is 1.76. The van der Waals surface area contributed by atoms with Crippen LogP contribution in [-0.4, -0.2) is 74.3 Å². The van der Waals surface area contributed by atoms with Crippen molar-refractivity contribution in [1.29, 1.82) is 0 Å². The lowest BCUT2D eigenvalue weighted by molar-refractivity contribution is -0.140. The fourth-order valence-electron chi connectivity index (χ4n) is 4.19. The van der Waals surface area contributed by atoms with Crippen LogP contribution < -0.4 is 4.74 Å². The van der Waals surface area contributed by atoms with Crippen molar-refractivity contribution in [3.05, 3.63) is 54.4 Å². The standard InChI is InChI=1S/C24H23F4N7O2/c1-34-14-30-21(18-12-15(4-5-29-18)20-23(24(26,27)28)32-33-31-20)22(34)17-3-2-16(25)13-19(17)37-11-8-35-6-9-36-10-7-35/h2-5,12-14H,6-11H2,1H3,(H,31,32,33). The van der Waals surface area contributed by atoms with Gasteiger partial charge in [0.1, 0.15) is 29.6 Å². The van der Waals surface area contributed by atoms with Crippen molar-refractivity contribution in [2.75, 3.05) is 39.5 Å². The molecule has 1 aromatic carbocycles. The maximum Gasteiger partial charge on any atom is 0.437 e. The number of alkyl halides is 3. The number of nitrogens with zero attached hydrogens (tertiary/aromatic N) is 6. The van der Waals surface area contributed by atoms with Crippen LogP contribution in [0.25, 0.3) is 33.9 Å². The Labute approximate surface area is 209 Å². The molecule has 1 aliphatic heterocycles. The summed E-state index contributed by atoms with van der Waals surface area (Å²) in [5.74, 6) is -0.134. The van der Waals surface area contributed by atoms with Crippen LogP contribution in [0.4, 0.5) is 17.6 Å². The molecule has 9 nitrogen and oxygen atoms in total. The predicted molar refractivity (Wildman–Crippen MR) is 125 cm³/mol. The van der Waals surface area contributed by atoms with Gasteiger partial charge < -0.3 is 14.0 Å². The van der Waals surface area contributed by atoms with Gasteiger partial charge in [-0.3, -0.25) is 9.88 Å². The Morgan fingerprint density at radius 2 is 1.86 bits per heavy atom. The number of hydrogen-bond acceptors (Lipinski definition) is 7. The second-order valence-electron chi connectivity index (χ2n) is 8.44. The minimum atomic E-state index is -4.68. The number of pyridine rings is 1. The van der Waals surface area contributed by atoms with Crippen LogP contribution >= 0.6 is 0 Å². The molecule has 0 unspecified atom stereocenters.